The number of anilines is 1. The summed E-state index contributed by atoms with van der Waals surface area (Å²) >= 11 is 0. The van der Waals surface area contributed by atoms with Crippen LogP contribution in [0.2, 0.25) is 0 Å². The minimum atomic E-state index is -3.68. The fourth-order valence-corrected chi connectivity index (χ4v) is 5.31. The number of aryl methyl sites for hydroxylation is 1. The van der Waals surface area contributed by atoms with Crippen LogP contribution in [0.3, 0.4) is 0 Å². The predicted molar refractivity (Wildman–Crippen MR) is 137 cm³/mol. The van der Waals surface area contributed by atoms with Crippen LogP contribution in [0.15, 0.2) is 65.6 Å². The molecule has 0 amide bonds. The molecular formula is C26H30N2O7S. The number of hydrogen-bond acceptors (Lipinski definition) is 6. The molecule has 0 radical (unpaired) electrons. The van der Waals surface area contributed by atoms with Gasteiger partial charge in [0.2, 0.25) is 0 Å². The fourth-order valence-electron chi connectivity index (χ4n) is 3.82. The highest BCUT2D eigenvalue weighted by atomic mass is 32.2. The summed E-state index contributed by atoms with van der Waals surface area (Å²) in [5.41, 5.74) is 1.75. The van der Waals surface area contributed by atoms with Crippen LogP contribution in [-0.2, 0) is 26.0 Å². The van der Waals surface area contributed by atoms with E-state index in [1.807, 2.05) is 48.5 Å². The average Bonchev–Trinajstić information content (AvgIpc) is 2.88. The van der Waals surface area contributed by atoms with Crippen molar-refractivity contribution in [2.75, 3.05) is 30.5 Å². The molecule has 3 aromatic rings. The Morgan fingerprint density at radius 1 is 0.972 bits per heavy atom. The quantitative estimate of drug-likeness (QED) is 0.307. The molecule has 3 aromatic carbocycles. The van der Waals surface area contributed by atoms with Gasteiger partial charge in [-0.15, -0.1) is 0 Å². The Labute approximate surface area is 210 Å². The minimum Gasteiger partial charge on any atom is -0.489 e. The summed E-state index contributed by atoms with van der Waals surface area (Å²) in [4.78, 5) is 18.5. The van der Waals surface area contributed by atoms with Crippen molar-refractivity contribution < 1.29 is 33.0 Å². The lowest BCUT2D eigenvalue weighted by atomic mass is 10.1. The van der Waals surface area contributed by atoms with Gasteiger partial charge < -0.3 is 20.3 Å². The van der Waals surface area contributed by atoms with Crippen LogP contribution in [0.25, 0.3) is 10.8 Å². The third-order valence-corrected chi connectivity index (χ3v) is 7.39. The lowest BCUT2D eigenvalue weighted by molar-refractivity contribution is -0.159. The van der Waals surface area contributed by atoms with Crippen molar-refractivity contribution in [3.63, 3.8) is 0 Å². The highest BCUT2D eigenvalue weighted by molar-refractivity contribution is 7.92. The van der Waals surface area contributed by atoms with Gasteiger partial charge in [-0.05, 0) is 73.0 Å². The zero-order chi connectivity index (χ0) is 26.1. The van der Waals surface area contributed by atoms with Crippen molar-refractivity contribution >= 4 is 38.4 Å². The van der Waals surface area contributed by atoms with E-state index in [-0.39, 0.29) is 0 Å². The van der Waals surface area contributed by atoms with Crippen molar-refractivity contribution in [3.8, 4) is 5.75 Å². The molecule has 0 bridgehead atoms. The molecule has 10 heteroatoms. The van der Waals surface area contributed by atoms with E-state index in [1.54, 1.807) is 12.1 Å². The second-order valence-electron chi connectivity index (χ2n) is 8.20. The number of hydrogen-bond donors (Lipinski definition) is 3. The number of benzene rings is 3. The molecule has 0 saturated carbocycles. The number of carbonyl (C=O) groups is 2. The Morgan fingerprint density at radius 3 is 2.39 bits per heavy atom. The molecule has 0 aliphatic carbocycles. The molecule has 1 aliphatic heterocycles. The highest BCUT2D eigenvalue weighted by Crippen LogP contribution is 2.36. The number of carboxylic acid groups (broad SMARTS) is 2. The van der Waals surface area contributed by atoms with Gasteiger partial charge in [0, 0.05) is 0 Å². The molecule has 36 heavy (non-hydrogen) atoms. The molecule has 0 unspecified atom stereocenters. The van der Waals surface area contributed by atoms with E-state index in [4.69, 9.17) is 24.5 Å². The standard InChI is InChI=1S/C24H28N2O3S.C2H2O4/c1-2-13-25-14-5-6-19-9-12-24-23(17-19)26(15-16-29-24)30(27,28)22-11-10-20-7-3-4-8-21(20)18-22;3-1(4)2(5)6/h3-4,7-12,17-18,25H,2,5-6,13-16H2,1H3;(H,3,4)(H,5,6). The van der Waals surface area contributed by atoms with E-state index in [0.29, 0.717) is 29.5 Å². The van der Waals surface area contributed by atoms with Gasteiger partial charge in [-0.25, -0.2) is 18.0 Å². The maximum Gasteiger partial charge on any atom is 0.414 e. The molecular weight excluding hydrogens is 484 g/mol. The number of carboxylic acids is 2. The van der Waals surface area contributed by atoms with Crippen molar-refractivity contribution in [1.82, 2.24) is 5.32 Å². The molecule has 0 aromatic heterocycles. The van der Waals surface area contributed by atoms with E-state index in [1.165, 1.54) is 4.31 Å². The summed E-state index contributed by atoms with van der Waals surface area (Å²) in [6, 6.07) is 19.0. The maximum absolute atomic E-state index is 13.5. The van der Waals surface area contributed by atoms with E-state index in [2.05, 4.69) is 12.2 Å². The van der Waals surface area contributed by atoms with Crippen molar-refractivity contribution in [1.29, 1.82) is 0 Å². The van der Waals surface area contributed by atoms with Crippen molar-refractivity contribution in [2.24, 2.45) is 0 Å². The van der Waals surface area contributed by atoms with E-state index < -0.39 is 22.0 Å². The van der Waals surface area contributed by atoms with E-state index in [9.17, 15) is 8.42 Å². The number of nitrogens with zero attached hydrogens (tertiary/aromatic N) is 1. The number of sulfonamides is 1. The van der Waals surface area contributed by atoms with Gasteiger partial charge in [-0.3, -0.25) is 4.31 Å². The van der Waals surface area contributed by atoms with Crippen LogP contribution in [0.4, 0.5) is 5.69 Å². The number of fused-ring (bicyclic) bond motifs is 2. The average molecular weight is 515 g/mol. The lowest BCUT2D eigenvalue weighted by Gasteiger charge is -2.31. The molecule has 192 valence electrons. The molecule has 0 spiro atoms. The van der Waals surface area contributed by atoms with E-state index in [0.717, 1.165) is 48.7 Å². The number of nitrogens with one attached hydrogen (secondary N) is 1. The molecule has 1 aliphatic rings. The molecule has 3 N–H and O–H groups in total. The van der Waals surface area contributed by atoms with Gasteiger partial charge in [0.15, 0.2) is 0 Å². The van der Waals surface area contributed by atoms with E-state index >= 15 is 0 Å². The lowest BCUT2D eigenvalue weighted by Crippen LogP contribution is -2.38. The summed E-state index contributed by atoms with van der Waals surface area (Å²) in [6.07, 6.45) is 3.03. The molecule has 9 nitrogen and oxygen atoms in total. The monoisotopic (exact) mass is 514 g/mol. The second-order valence-corrected chi connectivity index (χ2v) is 10.1. The Balaban J connectivity index is 0.000000538. The van der Waals surface area contributed by atoms with Crippen LogP contribution in [0, 0.1) is 0 Å². The first-order chi connectivity index (χ1) is 17.2. The molecule has 0 atom stereocenters. The smallest absolute Gasteiger partial charge is 0.414 e. The van der Waals surface area contributed by atoms with Gasteiger partial charge in [-0.1, -0.05) is 43.3 Å². The maximum atomic E-state index is 13.5. The highest BCUT2D eigenvalue weighted by Gasteiger charge is 2.30. The largest absolute Gasteiger partial charge is 0.489 e. The molecule has 0 fully saturated rings. The van der Waals surface area contributed by atoms with Crippen LogP contribution >= 0.6 is 0 Å². The summed E-state index contributed by atoms with van der Waals surface area (Å²) in [6.45, 7) is 4.79. The first-order valence-corrected chi connectivity index (χ1v) is 13.1. The van der Waals surface area contributed by atoms with Crippen LogP contribution in [-0.4, -0.2) is 56.8 Å². The Kier molecular flexibility index (Phi) is 9.26. The fraction of sp³-hybridized carbons (Fsp3) is 0.308. The predicted octanol–water partition coefficient (Wildman–Crippen LogP) is 3.52. The Hall–Kier alpha value is -3.63. The normalized spacial score (nSPS) is 12.8. The first kappa shape index (κ1) is 27.0. The summed E-state index contributed by atoms with van der Waals surface area (Å²) in [7, 11) is -3.68. The Morgan fingerprint density at radius 2 is 1.69 bits per heavy atom. The second kappa shape index (κ2) is 12.4. The number of rotatable bonds is 8. The summed E-state index contributed by atoms with van der Waals surface area (Å²) < 4.78 is 34.2. The molecule has 1 heterocycles. The van der Waals surface area contributed by atoms with Crippen molar-refractivity contribution in [3.05, 3.63) is 66.2 Å². The molecule has 0 saturated heterocycles. The zero-order valence-electron chi connectivity index (χ0n) is 20.0. The zero-order valence-corrected chi connectivity index (χ0v) is 20.8. The summed E-state index contributed by atoms with van der Waals surface area (Å²) in [5.74, 6) is -3.02. The van der Waals surface area contributed by atoms with Gasteiger partial charge in [0.1, 0.15) is 12.4 Å². The van der Waals surface area contributed by atoms with Crippen LogP contribution in [0.5, 0.6) is 5.75 Å². The first-order valence-electron chi connectivity index (χ1n) is 11.7. The van der Waals surface area contributed by atoms with Crippen LogP contribution in [0.1, 0.15) is 25.3 Å². The Bertz CT molecular complexity index is 1310. The number of ether oxygens (including phenoxy) is 1. The third kappa shape index (κ3) is 6.73. The van der Waals surface area contributed by atoms with Gasteiger partial charge in [0.05, 0.1) is 17.1 Å². The van der Waals surface area contributed by atoms with Crippen LogP contribution < -0.4 is 14.4 Å². The van der Waals surface area contributed by atoms with Crippen molar-refractivity contribution in [2.45, 2.75) is 31.1 Å². The topological polar surface area (TPSA) is 133 Å². The number of aliphatic carboxylic acids is 2. The SMILES string of the molecule is CCCNCCCc1ccc2c(c1)N(S(=O)(=O)c1ccc3ccccc3c1)CCO2.O=C(O)C(=O)O. The minimum absolute atomic E-state index is 0.309. The third-order valence-electron chi connectivity index (χ3n) is 5.58. The molecule has 4 rings (SSSR count). The van der Waals surface area contributed by atoms with Gasteiger partial charge in [0.25, 0.3) is 10.0 Å². The summed E-state index contributed by atoms with van der Waals surface area (Å²) in [5, 5.41) is 20.1. The van der Waals surface area contributed by atoms with Gasteiger partial charge in [-0.2, -0.15) is 0 Å². The van der Waals surface area contributed by atoms with Gasteiger partial charge >= 0.3 is 11.9 Å².